The normalized spacial score (nSPS) is 21.2. The summed E-state index contributed by atoms with van der Waals surface area (Å²) in [5, 5.41) is 0. The minimum atomic E-state index is -0.589. The van der Waals surface area contributed by atoms with Gasteiger partial charge in [0.05, 0.1) is 27.8 Å². The van der Waals surface area contributed by atoms with Crippen molar-refractivity contribution in [2.45, 2.75) is 213 Å². The maximum atomic E-state index is 6.81. The summed E-state index contributed by atoms with van der Waals surface area (Å²) in [6.07, 6.45) is 14.7. The number of hydrogen-bond donors (Lipinski definition) is 0. The Hall–Kier alpha value is -3.15. The third kappa shape index (κ3) is 7.54. The maximum Gasteiger partial charge on any atom is 0.494 e. The minimum Gasteiger partial charge on any atom is -0.399 e. The number of unbranched alkanes of at least 4 members (excludes halogenated alkanes) is 6. The van der Waals surface area contributed by atoms with Crippen LogP contribution >= 0.6 is 0 Å². The van der Waals surface area contributed by atoms with Crippen molar-refractivity contribution >= 4 is 25.2 Å². The summed E-state index contributed by atoms with van der Waals surface area (Å²) in [6, 6.07) is 29.3. The molecule has 8 rings (SSSR count). The Balaban J connectivity index is 1.41. The lowest BCUT2D eigenvalue weighted by molar-refractivity contribution is 0.00578. The van der Waals surface area contributed by atoms with Crippen molar-refractivity contribution in [3.8, 4) is 22.3 Å². The molecule has 2 atom stereocenters. The number of rotatable bonds is 16. The van der Waals surface area contributed by atoms with Crippen molar-refractivity contribution in [1.29, 1.82) is 0 Å². The van der Waals surface area contributed by atoms with Gasteiger partial charge < -0.3 is 18.6 Å². The van der Waals surface area contributed by atoms with E-state index in [1.807, 2.05) is 0 Å². The van der Waals surface area contributed by atoms with Crippen LogP contribution in [0.3, 0.4) is 0 Å². The van der Waals surface area contributed by atoms with Gasteiger partial charge in [0.2, 0.25) is 0 Å². The van der Waals surface area contributed by atoms with E-state index in [1.54, 1.807) is 0 Å². The van der Waals surface area contributed by atoms with Crippen LogP contribution < -0.4 is 10.9 Å². The van der Waals surface area contributed by atoms with Crippen LogP contribution in [-0.4, -0.2) is 36.6 Å². The van der Waals surface area contributed by atoms with Crippen molar-refractivity contribution in [3.05, 3.63) is 106 Å². The monoisotopic (exact) mass is 849 g/mol. The first-order valence-electron chi connectivity index (χ1n) is 25.0. The van der Waals surface area contributed by atoms with Gasteiger partial charge in [0.1, 0.15) is 0 Å². The Kier molecular flexibility index (Phi) is 12.2. The van der Waals surface area contributed by atoms with E-state index >= 15 is 0 Å². The van der Waals surface area contributed by atoms with Crippen LogP contribution in [-0.2, 0) is 34.9 Å². The number of fused-ring (bicyclic) bond motifs is 10. The number of hydrogen-bond acceptors (Lipinski definition) is 4. The molecule has 4 aromatic carbocycles. The lowest BCUT2D eigenvalue weighted by atomic mass is 9.65. The van der Waals surface area contributed by atoms with E-state index in [1.165, 1.54) is 120 Å². The van der Waals surface area contributed by atoms with Gasteiger partial charge in [-0.05, 0) is 158 Å². The van der Waals surface area contributed by atoms with Gasteiger partial charge in [-0.25, -0.2) is 0 Å². The van der Waals surface area contributed by atoms with Gasteiger partial charge in [0.25, 0.3) is 0 Å². The van der Waals surface area contributed by atoms with Gasteiger partial charge in [-0.2, -0.15) is 0 Å². The van der Waals surface area contributed by atoms with E-state index in [9.17, 15) is 0 Å². The zero-order valence-electron chi connectivity index (χ0n) is 41.7. The highest BCUT2D eigenvalue weighted by atomic mass is 16.7. The van der Waals surface area contributed by atoms with Crippen molar-refractivity contribution in [1.82, 2.24) is 0 Å². The fraction of sp³-hybridized carbons (Fsp3) is 0.579. The molecule has 0 bridgehead atoms. The SMILES string of the molecule is CCCCCCC(C)(CC)c1ccc2c(c1)C1(c3cc(B4OC(C)(C)C(C)(C)O4)ccc3-c3ccc(B4OC(C)(C)C(C)(C)O4)cc31)c1cc(C(C)(CC)CCCCCC)ccc1-2. The Morgan fingerprint density at radius 3 is 1.05 bits per heavy atom. The predicted octanol–water partition coefficient (Wildman–Crippen LogP) is 13.9. The molecule has 1 spiro atoms. The average Bonchev–Trinajstić information content (AvgIpc) is 3.87. The molecule has 2 fully saturated rings. The molecule has 0 N–H and O–H groups in total. The lowest BCUT2D eigenvalue weighted by Gasteiger charge is -2.35. The van der Waals surface area contributed by atoms with Crippen LogP contribution in [0.2, 0.25) is 0 Å². The molecule has 6 heteroatoms. The van der Waals surface area contributed by atoms with Crippen molar-refractivity contribution in [2.75, 3.05) is 0 Å². The molecule has 4 aliphatic rings. The zero-order chi connectivity index (χ0) is 45.4. The molecule has 336 valence electrons. The lowest BCUT2D eigenvalue weighted by Crippen LogP contribution is -2.41. The molecule has 0 amide bonds. The van der Waals surface area contributed by atoms with Crippen molar-refractivity contribution in [3.63, 3.8) is 0 Å². The summed E-state index contributed by atoms with van der Waals surface area (Å²) < 4.78 is 27.3. The van der Waals surface area contributed by atoms with Gasteiger partial charge >= 0.3 is 14.2 Å². The first-order chi connectivity index (χ1) is 29.7. The molecule has 0 radical (unpaired) electrons. The Morgan fingerprint density at radius 1 is 0.413 bits per heavy atom. The zero-order valence-corrected chi connectivity index (χ0v) is 41.7. The fourth-order valence-corrected chi connectivity index (χ4v) is 11.2. The molecule has 63 heavy (non-hydrogen) atoms. The fourth-order valence-electron chi connectivity index (χ4n) is 11.2. The molecule has 0 saturated carbocycles. The molecule has 2 aliphatic heterocycles. The second-order valence-electron chi connectivity index (χ2n) is 22.5. The van der Waals surface area contributed by atoms with Crippen LogP contribution in [0, 0.1) is 0 Å². The van der Waals surface area contributed by atoms with Gasteiger partial charge in [-0.1, -0.05) is 166 Å². The largest absolute Gasteiger partial charge is 0.494 e. The standard InChI is InChI=1S/C57H78B2O4/c1-15-19-21-23-33-55(13,17-3)39-25-29-43-44-30-26-40(56(14,18-4)34-24-22-20-16-2)36-48(44)57(47(43)35-39)49-37-41(58-60-51(5,6)52(7,8)61-58)27-31-45(49)46-32-28-42(38-50(46)57)59-62-53(9,10)54(11,12)63-59/h25-32,35-38H,15-24,33-34H2,1-14H3. The topological polar surface area (TPSA) is 36.9 Å². The second kappa shape index (κ2) is 16.6. The summed E-state index contributed by atoms with van der Waals surface area (Å²) in [4.78, 5) is 0. The highest BCUT2D eigenvalue weighted by Gasteiger charge is 2.57. The highest BCUT2D eigenvalue weighted by Crippen LogP contribution is 2.64. The van der Waals surface area contributed by atoms with Crippen LogP contribution in [0.1, 0.15) is 207 Å². The third-order valence-corrected chi connectivity index (χ3v) is 17.5. The van der Waals surface area contributed by atoms with Gasteiger partial charge in [0, 0.05) is 0 Å². The van der Waals surface area contributed by atoms with Crippen molar-refractivity contribution in [2.24, 2.45) is 0 Å². The Morgan fingerprint density at radius 2 is 0.730 bits per heavy atom. The molecule has 2 heterocycles. The summed E-state index contributed by atoms with van der Waals surface area (Å²) in [7, 11) is -0.949. The molecule has 2 saturated heterocycles. The molecule has 0 aromatic heterocycles. The van der Waals surface area contributed by atoms with Crippen LogP contribution in [0.4, 0.5) is 0 Å². The minimum absolute atomic E-state index is 0.0581. The predicted molar refractivity (Wildman–Crippen MR) is 267 cm³/mol. The number of benzene rings is 4. The van der Waals surface area contributed by atoms with Crippen molar-refractivity contribution < 1.29 is 18.6 Å². The van der Waals surface area contributed by atoms with Crippen LogP contribution in [0.25, 0.3) is 22.3 Å². The Bertz CT molecular complexity index is 2150. The summed E-state index contributed by atoms with van der Waals surface area (Å²) >= 11 is 0. The summed E-state index contributed by atoms with van der Waals surface area (Å²) in [6.45, 7) is 31.7. The van der Waals surface area contributed by atoms with E-state index in [0.717, 1.165) is 23.8 Å². The summed E-state index contributed by atoms with van der Waals surface area (Å²) in [5.74, 6) is 0. The Labute approximate surface area is 383 Å². The van der Waals surface area contributed by atoms with E-state index in [4.69, 9.17) is 18.6 Å². The molecule has 4 aromatic rings. The van der Waals surface area contributed by atoms with Crippen LogP contribution in [0.15, 0.2) is 72.8 Å². The van der Waals surface area contributed by atoms with E-state index in [0.29, 0.717) is 0 Å². The second-order valence-corrected chi connectivity index (χ2v) is 22.5. The van der Waals surface area contributed by atoms with E-state index in [2.05, 4.69) is 170 Å². The molecular weight excluding hydrogens is 770 g/mol. The van der Waals surface area contributed by atoms with Crippen LogP contribution in [0.5, 0.6) is 0 Å². The van der Waals surface area contributed by atoms with Gasteiger partial charge in [-0.3, -0.25) is 0 Å². The highest BCUT2D eigenvalue weighted by molar-refractivity contribution is 6.62. The van der Waals surface area contributed by atoms with E-state index in [-0.39, 0.29) is 10.8 Å². The smallest absolute Gasteiger partial charge is 0.399 e. The summed E-state index contributed by atoms with van der Waals surface area (Å²) in [5.41, 5.74) is 13.4. The average molecular weight is 849 g/mol. The molecule has 2 aliphatic carbocycles. The maximum absolute atomic E-state index is 6.81. The molecule has 4 nitrogen and oxygen atoms in total. The van der Waals surface area contributed by atoms with Gasteiger partial charge in [0.15, 0.2) is 0 Å². The third-order valence-electron chi connectivity index (χ3n) is 17.5. The first kappa shape index (κ1) is 46.4. The molecule has 2 unspecified atom stereocenters. The van der Waals surface area contributed by atoms with E-state index < -0.39 is 42.1 Å². The van der Waals surface area contributed by atoms with Gasteiger partial charge in [-0.15, -0.1) is 0 Å². The molecular formula is C57H78B2O4. The quantitative estimate of drug-likeness (QED) is 0.0718. The first-order valence-corrected chi connectivity index (χ1v) is 25.0.